The molecule has 0 bridgehead atoms. The van der Waals surface area contributed by atoms with E-state index in [0.717, 1.165) is 12.8 Å². The number of rotatable bonds is 7. The number of halogens is 3. The maximum absolute atomic E-state index is 12.0. The van der Waals surface area contributed by atoms with Crippen molar-refractivity contribution < 1.29 is 21.6 Å². The van der Waals surface area contributed by atoms with Crippen LogP contribution in [0, 0.1) is 0 Å². The first kappa shape index (κ1) is 14.7. The summed E-state index contributed by atoms with van der Waals surface area (Å²) in [5.41, 5.74) is 0. The van der Waals surface area contributed by atoms with Crippen LogP contribution in [0.4, 0.5) is 13.2 Å². The Kier molecular flexibility index (Phi) is 4.79. The summed E-state index contributed by atoms with van der Waals surface area (Å²) in [5, 5.41) is 2.99. The second-order valence-corrected chi connectivity index (χ2v) is 6.26. The van der Waals surface area contributed by atoms with Gasteiger partial charge in [0.1, 0.15) is 0 Å². The zero-order valence-corrected chi connectivity index (χ0v) is 10.4. The number of hydrogen-bond donors (Lipinski definition) is 2. The summed E-state index contributed by atoms with van der Waals surface area (Å²) in [6, 6.07) is -0.737. The van der Waals surface area contributed by atoms with Gasteiger partial charge in [-0.3, -0.25) is 0 Å². The highest BCUT2D eigenvalue weighted by Gasteiger charge is 2.31. The van der Waals surface area contributed by atoms with Crippen molar-refractivity contribution in [3.05, 3.63) is 0 Å². The summed E-state index contributed by atoms with van der Waals surface area (Å²) in [4.78, 5) is 0. The molecule has 0 amide bonds. The van der Waals surface area contributed by atoms with Gasteiger partial charge < -0.3 is 5.32 Å². The molecule has 1 fully saturated rings. The van der Waals surface area contributed by atoms with E-state index in [9.17, 15) is 21.6 Å². The van der Waals surface area contributed by atoms with Crippen molar-refractivity contribution in [1.29, 1.82) is 0 Å². The Bertz CT molecular complexity index is 339. The fourth-order valence-electron chi connectivity index (χ4n) is 1.44. The summed E-state index contributed by atoms with van der Waals surface area (Å²) in [7, 11) is -3.63. The Balaban J connectivity index is 2.26. The van der Waals surface area contributed by atoms with Crippen LogP contribution in [-0.4, -0.2) is 39.0 Å². The SMILES string of the molecule is CC(CC(F)(F)F)NS(=O)(=O)CCNC1CC1. The van der Waals surface area contributed by atoms with Crippen LogP contribution in [0.2, 0.25) is 0 Å². The van der Waals surface area contributed by atoms with Crippen LogP contribution in [0.15, 0.2) is 0 Å². The summed E-state index contributed by atoms with van der Waals surface area (Å²) < 4.78 is 60.8. The molecule has 0 heterocycles. The Hall–Kier alpha value is -0.340. The number of hydrogen-bond acceptors (Lipinski definition) is 3. The van der Waals surface area contributed by atoms with Crippen molar-refractivity contribution in [2.75, 3.05) is 12.3 Å². The quantitative estimate of drug-likeness (QED) is 0.728. The van der Waals surface area contributed by atoms with Gasteiger partial charge in [-0.25, -0.2) is 13.1 Å². The second-order valence-electron chi connectivity index (χ2n) is 4.39. The van der Waals surface area contributed by atoms with Gasteiger partial charge in [0.2, 0.25) is 10.0 Å². The van der Waals surface area contributed by atoms with Gasteiger partial charge in [0.15, 0.2) is 0 Å². The maximum Gasteiger partial charge on any atom is 0.390 e. The number of sulfonamides is 1. The zero-order valence-electron chi connectivity index (χ0n) is 9.55. The first-order valence-electron chi connectivity index (χ1n) is 5.48. The molecule has 4 nitrogen and oxygen atoms in total. The van der Waals surface area contributed by atoms with Crippen LogP contribution in [-0.2, 0) is 10.0 Å². The predicted molar refractivity (Wildman–Crippen MR) is 58.1 cm³/mol. The van der Waals surface area contributed by atoms with Gasteiger partial charge in [0, 0.05) is 18.6 Å². The predicted octanol–water partition coefficient (Wildman–Crippen LogP) is 0.999. The molecule has 2 N–H and O–H groups in total. The summed E-state index contributed by atoms with van der Waals surface area (Å²) >= 11 is 0. The van der Waals surface area contributed by atoms with Crippen LogP contribution in [0.1, 0.15) is 26.2 Å². The largest absolute Gasteiger partial charge is 0.390 e. The van der Waals surface area contributed by atoms with E-state index < -0.39 is 28.7 Å². The van der Waals surface area contributed by atoms with Crippen LogP contribution in [0.5, 0.6) is 0 Å². The summed E-state index contributed by atoms with van der Waals surface area (Å²) in [5.74, 6) is -0.189. The first-order chi connectivity index (χ1) is 7.68. The maximum atomic E-state index is 12.0. The van der Waals surface area contributed by atoms with Crippen LogP contribution in [0.3, 0.4) is 0 Å². The molecule has 102 valence electrons. The van der Waals surface area contributed by atoms with E-state index in [4.69, 9.17) is 0 Å². The topological polar surface area (TPSA) is 58.2 Å². The molecule has 1 rings (SSSR count). The van der Waals surface area contributed by atoms with Crippen LogP contribution >= 0.6 is 0 Å². The minimum absolute atomic E-state index is 0.189. The van der Waals surface area contributed by atoms with Crippen molar-refractivity contribution in [2.24, 2.45) is 0 Å². The molecule has 1 unspecified atom stereocenters. The van der Waals surface area contributed by atoms with Crippen molar-refractivity contribution >= 4 is 10.0 Å². The third-order valence-corrected chi connectivity index (χ3v) is 3.80. The van der Waals surface area contributed by atoms with Gasteiger partial charge in [-0.1, -0.05) is 0 Å². The molecule has 0 saturated heterocycles. The third-order valence-electron chi connectivity index (χ3n) is 2.30. The average molecular weight is 274 g/mol. The fraction of sp³-hybridized carbons (Fsp3) is 1.00. The van der Waals surface area contributed by atoms with Gasteiger partial charge in [-0.15, -0.1) is 0 Å². The van der Waals surface area contributed by atoms with Crippen molar-refractivity contribution in [1.82, 2.24) is 10.0 Å². The first-order valence-corrected chi connectivity index (χ1v) is 7.13. The highest BCUT2D eigenvalue weighted by molar-refractivity contribution is 7.89. The standard InChI is InChI=1S/C9H17F3N2O2S/c1-7(6-9(10,11)12)14-17(15,16)5-4-13-8-2-3-8/h7-8,13-14H,2-6H2,1H3. The molecule has 17 heavy (non-hydrogen) atoms. The van der Waals surface area contributed by atoms with E-state index in [2.05, 4.69) is 5.32 Å². The van der Waals surface area contributed by atoms with Gasteiger partial charge in [0.05, 0.1) is 12.2 Å². The Labute approximate surface area is 99.0 Å². The molecule has 0 aromatic heterocycles. The molecule has 1 aliphatic carbocycles. The van der Waals surface area contributed by atoms with Gasteiger partial charge in [-0.2, -0.15) is 13.2 Å². The normalized spacial score (nSPS) is 19.3. The monoisotopic (exact) mass is 274 g/mol. The lowest BCUT2D eigenvalue weighted by molar-refractivity contribution is -0.137. The minimum atomic E-state index is -4.35. The van der Waals surface area contributed by atoms with Crippen molar-refractivity contribution in [3.8, 4) is 0 Å². The molecule has 0 aliphatic heterocycles. The smallest absolute Gasteiger partial charge is 0.313 e. The van der Waals surface area contributed by atoms with Gasteiger partial charge in [-0.05, 0) is 19.8 Å². The summed E-state index contributed by atoms with van der Waals surface area (Å²) in [6.07, 6.45) is -3.42. The fourth-order valence-corrected chi connectivity index (χ4v) is 2.64. The van der Waals surface area contributed by atoms with E-state index >= 15 is 0 Å². The Morgan fingerprint density at radius 2 is 1.94 bits per heavy atom. The third kappa shape index (κ3) is 7.56. The van der Waals surface area contributed by atoms with Gasteiger partial charge >= 0.3 is 6.18 Å². The zero-order chi connectivity index (χ0) is 13.1. The van der Waals surface area contributed by atoms with Crippen LogP contribution < -0.4 is 10.0 Å². The molecule has 0 aromatic rings. The molecule has 8 heteroatoms. The lowest BCUT2D eigenvalue weighted by Crippen LogP contribution is -2.39. The molecule has 1 atom stereocenters. The van der Waals surface area contributed by atoms with Crippen molar-refractivity contribution in [2.45, 2.75) is 44.4 Å². The molecule has 0 spiro atoms. The summed E-state index contributed by atoms with van der Waals surface area (Å²) in [6.45, 7) is 1.48. The van der Waals surface area contributed by atoms with E-state index in [0.29, 0.717) is 6.04 Å². The number of nitrogens with one attached hydrogen (secondary N) is 2. The van der Waals surface area contributed by atoms with E-state index in [1.807, 2.05) is 4.72 Å². The molecule has 1 aliphatic rings. The highest BCUT2D eigenvalue weighted by atomic mass is 32.2. The minimum Gasteiger partial charge on any atom is -0.313 e. The lowest BCUT2D eigenvalue weighted by Gasteiger charge is -2.16. The molecule has 0 radical (unpaired) electrons. The average Bonchev–Trinajstić information content (AvgIpc) is 2.81. The highest BCUT2D eigenvalue weighted by Crippen LogP contribution is 2.21. The Morgan fingerprint density at radius 3 is 2.41 bits per heavy atom. The van der Waals surface area contributed by atoms with Gasteiger partial charge in [0.25, 0.3) is 0 Å². The van der Waals surface area contributed by atoms with Crippen molar-refractivity contribution in [3.63, 3.8) is 0 Å². The van der Waals surface area contributed by atoms with Crippen LogP contribution in [0.25, 0.3) is 0 Å². The number of alkyl halides is 3. The molecular formula is C9H17F3N2O2S. The lowest BCUT2D eigenvalue weighted by atomic mass is 10.2. The molecule has 1 saturated carbocycles. The molecule has 0 aromatic carbocycles. The Morgan fingerprint density at radius 1 is 1.35 bits per heavy atom. The van der Waals surface area contributed by atoms with E-state index in [1.54, 1.807) is 0 Å². The van der Waals surface area contributed by atoms with E-state index in [-0.39, 0.29) is 12.3 Å². The van der Waals surface area contributed by atoms with E-state index in [1.165, 1.54) is 6.92 Å². The molecular weight excluding hydrogens is 257 g/mol. The second kappa shape index (κ2) is 5.53.